The Hall–Kier alpha value is 0.190. The summed E-state index contributed by atoms with van der Waals surface area (Å²) in [5.74, 6) is 0.456. The van der Waals surface area contributed by atoms with Crippen LogP contribution in [0.3, 0.4) is 0 Å². The molecule has 0 aliphatic heterocycles. The molecular formula is C12H14BrClINO. The van der Waals surface area contributed by atoms with Crippen molar-refractivity contribution in [2.24, 2.45) is 5.41 Å². The molecule has 1 amide bonds. The van der Waals surface area contributed by atoms with Gasteiger partial charge in [-0.15, -0.1) is 11.6 Å². The van der Waals surface area contributed by atoms with E-state index in [1.54, 1.807) is 0 Å². The van der Waals surface area contributed by atoms with Gasteiger partial charge in [-0.1, -0.05) is 29.8 Å². The van der Waals surface area contributed by atoms with Crippen LogP contribution in [0.15, 0.2) is 22.7 Å². The standard InChI is InChI=1S/C12H14BrClINO/c1-12(2,6-14)7-16-11(17)9-5-8(13)3-4-10(9)15/h3-5H,6-7H2,1-2H3,(H,16,17). The fourth-order valence-electron chi connectivity index (χ4n) is 1.13. The topological polar surface area (TPSA) is 29.1 Å². The number of carbonyl (C=O) groups is 1. The van der Waals surface area contributed by atoms with E-state index >= 15 is 0 Å². The Labute approximate surface area is 129 Å². The molecule has 0 atom stereocenters. The van der Waals surface area contributed by atoms with Gasteiger partial charge in [0.05, 0.1) is 5.56 Å². The van der Waals surface area contributed by atoms with Gasteiger partial charge in [-0.2, -0.15) is 0 Å². The number of hydrogen-bond donors (Lipinski definition) is 1. The lowest BCUT2D eigenvalue weighted by molar-refractivity contribution is 0.0939. The first kappa shape index (κ1) is 15.2. The van der Waals surface area contributed by atoms with Crippen molar-refractivity contribution >= 4 is 56.0 Å². The number of hydrogen-bond acceptors (Lipinski definition) is 1. The molecule has 0 bridgehead atoms. The molecule has 0 unspecified atom stereocenters. The number of rotatable bonds is 4. The first-order valence-electron chi connectivity index (χ1n) is 5.15. The molecule has 5 heteroatoms. The van der Waals surface area contributed by atoms with E-state index in [0.717, 1.165) is 8.04 Å². The zero-order chi connectivity index (χ0) is 13.1. The van der Waals surface area contributed by atoms with Gasteiger partial charge in [0.25, 0.3) is 5.91 Å². The van der Waals surface area contributed by atoms with Crippen LogP contribution in [-0.4, -0.2) is 18.3 Å². The van der Waals surface area contributed by atoms with E-state index in [-0.39, 0.29) is 11.3 Å². The third-order valence-electron chi connectivity index (χ3n) is 2.26. The average molecular weight is 431 g/mol. The zero-order valence-electron chi connectivity index (χ0n) is 9.69. The molecule has 2 nitrogen and oxygen atoms in total. The lowest BCUT2D eigenvalue weighted by atomic mass is 9.96. The number of halogens is 3. The Bertz CT molecular complexity index is 423. The summed E-state index contributed by atoms with van der Waals surface area (Å²) < 4.78 is 1.84. The number of benzene rings is 1. The largest absolute Gasteiger partial charge is 0.351 e. The Morgan fingerprint density at radius 3 is 2.76 bits per heavy atom. The summed E-state index contributed by atoms with van der Waals surface area (Å²) in [5.41, 5.74) is 0.597. The maximum Gasteiger partial charge on any atom is 0.252 e. The number of carbonyl (C=O) groups excluding carboxylic acids is 1. The van der Waals surface area contributed by atoms with Gasteiger partial charge in [0, 0.05) is 20.5 Å². The molecule has 1 aromatic rings. The summed E-state index contributed by atoms with van der Waals surface area (Å²) in [7, 11) is 0. The molecular weight excluding hydrogens is 416 g/mol. The molecule has 1 rings (SSSR count). The number of amides is 1. The molecule has 0 aliphatic carbocycles. The minimum absolute atomic E-state index is 0.0612. The number of alkyl halides is 1. The molecule has 1 aromatic carbocycles. The van der Waals surface area contributed by atoms with Crippen LogP contribution in [0.2, 0.25) is 0 Å². The molecule has 0 aromatic heterocycles. The highest BCUT2D eigenvalue weighted by molar-refractivity contribution is 14.1. The molecule has 0 aliphatic rings. The van der Waals surface area contributed by atoms with Crippen molar-refractivity contribution in [3.05, 3.63) is 31.8 Å². The molecule has 1 N–H and O–H groups in total. The van der Waals surface area contributed by atoms with Gasteiger partial charge in [0.15, 0.2) is 0 Å². The maximum atomic E-state index is 12.0. The Kier molecular flexibility index (Phi) is 5.73. The second kappa shape index (κ2) is 6.38. The fourth-order valence-corrected chi connectivity index (χ4v) is 2.17. The van der Waals surface area contributed by atoms with Crippen molar-refractivity contribution < 1.29 is 4.79 Å². The van der Waals surface area contributed by atoms with Crippen molar-refractivity contribution in [1.82, 2.24) is 5.32 Å². The Morgan fingerprint density at radius 1 is 1.53 bits per heavy atom. The van der Waals surface area contributed by atoms with Crippen LogP contribution in [-0.2, 0) is 0 Å². The first-order chi connectivity index (χ1) is 7.85. The van der Waals surface area contributed by atoms with Crippen LogP contribution < -0.4 is 5.32 Å². The summed E-state index contributed by atoms with van der Waals surface area (Å²) in [5, 5.41) is 2.91. The van der Waals surface area contributed by atoms with Gasteiger partial charge < -0.3 is 5.32 Å². The summed E-state index contributed by atoms with van der Waals surface area (Å²) >= 11 is 11.3. The molecule has 0 heterocycles. The normalized spacial score (nSPS) is 11.4. The predicted molar refractivity (Wildman–Crippen MR) is 83.7 cm³/mol. The summed E-state index contributed by atoms with van der Waals surface area (Å²) in [6, 6.07) is 5.65. The highest BCUT2D eigenvalue weighted by Gasteiger charge is 2.18. The lowest BCUT2D eigenvalue weighted by Crippen LogP contribution is -2.35. The lowest BCUT2D eigenvalue weighted by Gasteiger charge is -2.21. The van der Waals surface area contributed by atoms with Gasteiger partial charge in [-0.05, 0) is 46.2 Å². The second-order valence-electron chi connectivity index (χ2n) is 4.60. The Morgan fingerprint density at radius 2 is 2.18 bits per heavy atom. The molecule has 17 heavy (non-hydrogen) atoms. The van der Waals surface area contributed by atoms with Gasteiger partial charge in [0.1, 0.15) is 0 Å². The summed E-state index contributed by atoms with van der Waals surface area (Å²) in [4.78, 5) is 12.0. The monoisotopic (exact) mass is 429 g/mol. The van der Waals surface area contributed by atoms with E-state index in [9.17, 15) is 4.79 Å². The van der Waals surface area contributed by atoms with Crippen LogP contribution in [0.4, 0.5) is 0 Å². The smallest absolute Gasteiger partial charge is 0.252 e. The van der Waals surface area contributed by atoms with Crippen LogP contribution in [0.25, 0.3) is 0 Å². The third-order valence-corrected chi connectivity index (χ3v) is 4.42. The van der Waals surface area contributed by atoms with Crippen LogP contribution >= 0.6 is 50.1 Å². The van der Waals surface area contributed by atoms with E-state index < -0.39 is 0 Å². The number of nitrogens with one attached hydrogen (secondary N) is 1. The van der Waals surface area contributed by atoms with Gasteiger partial charge >= 0.3 is 0 Å². The molecule has 0 radical (unpaired) electrons. The minimum atomic E-state index is -0.0886. The maximum absolute atomic E-state index is 12.0. The van der Waals surface area contributed by atoms with Gasteiger partial charge in [0.2, 0.25) is 0 Å². The summed E-state index contributed by atoms with van der Waals surface area (Å²) in [6.45, 7) is 4.61. The van der Waals surface area contributed by atoms with Crippen molar-refractivity contribution in [1.29, 1.82) is 0 Å². The minimum Gasteiger partial charge on any atom is -0.351 e. The van der Waals surface area contributed by atoms with Crippen molar-refractivity contribution in [2.75, 3.05) is 12.4 Å². The molecule has 0 spiro atoms. The van der Waals surface area contributed by atoms with E-state index in [2.05, 4.69) is 43.8 Å². The van der Waals surface area contributed by atoms with E-state index in [4.69, 9.17) is 11.6 Å². The second-order valence-corrected chi connectivity index (χ2v) is 6.95. The van der Waals surface area contributed by atoms with E-state index in [1.807, 2.05) is 32.0 Å². The van der Waals surface area contributed by atoms with Crippen LogP contribution in [0.5, 0.6) is 0 Å². The van der Waals surface area contributed by atoms with Crippen LogP contribution in [0, 0.1) is 8.99 Å². The highest BCUT2D eigenvalue weighted by atomic mass is 127. The predicted octanol–water partition coefficient (Wildman–Crippen LogP) is 4.05. The third kappa shape index (κ3) is 4.75. The first-order valence-corrected chi connectivity index (χ1v) is 7.55. The summed E-state index contributed by atoms with van der Waals surface area (Å²) in [6.07, 6.45) is 0. The van der Waals surface area contributed by atoms with Crippen molar-refractivity contribution in [2.45, 2.75) is 13.8 Å². The van der Waals surface area contributed by atoms with Gasteiger partial charge in [-0.25, -0.2) is 0 Å². The van der Waals surface area contributed by atoms with Crippen molar-refractivity contribution in [3.63, 3.8) is 0 Å². The molecule has 0 saturated heterocycles. The Balaban J connectivity index is 2.74. The SMILES string of the molecule is CC(C)(CCl)CNC(=O)c1cc(Br)ccc1I. The van der Waals surface area contributed by atoms with Crippen molar-refractivity contribution in [3.8, 4) is 0 Å². The van der Waals surface area contributed by atoms with Crippen LogP contribution in [0.1, 0.15) is 24.2 Å². The van der Waals surface area contributed by atoms with Gasteiger partial charge in [-0.3, -0.25) is 4.79 Å². The molecule has 0 saturated carbocycles. The highest BCUT2D eigenvalue weighted by Crippen LogP contribution is 2.19. The quantitative estimate of drug-likeness (QED) is 0.567. The average Bonchev–Trinajstić information content (AvgIpc) is 2.29. The van der Waals surface area contributed by atoms with E-state index in [1.165, 1.54) is 0 Å². The van der Waals surface area contributed by atoms with E-state index in [0.29, 0.717) is 18.0 Å². The zero-order valence-corrected chi connectivity index (χ0v) is 14.2. The molecule has 0 fully saturated rings. The molecule has 94 valence electrons. The fraction of sp³-hybridized carbons (Fsp3) is 0.417.